The molecule has 7 heteroatoms. The van der Waals surface area contributed by atoms with Crippen molar-refractivity contribution in [3.8, 4) is 5.75 Å². The highest BCUT2D eigenvalue weighted by Gasteiger charge is 2.35. The van der Waals surface area contributed by atoms with E-state index in [0.29, 0.717) is 18.8 Å². The molecule has 0 radical (unpaired) electrons. The number of hydrogen-bond acceptors (Lipinski definition) is 4. The van der Waals surface area contributed by atoms with Crippen molar-refractivity contribution >= 4 is 17.5 Å². The Hall–Kier alpha value is -2.96. The number of methoxy groups -OCH3 is 1. The molecule has 130 valence electrons. The summed E-state index contributed by atoms with van der Waals surface area (Å²) in [6.07, 6.45) is 2.34. The number of halogens is 1. The Balaban J connectivity index is 1.80. The summed E-state index contributed by atoms with van der Waals surface area (Å²) in [6.45, 7) is 2.36. The van der Waals surface area contributed by atoms with Crippen molar-refractivity contribution in [2.24, 2.45) is 0 Å². The van der Waals surface area contributed by atoms with Crippen LogP contribution in [0.1, 0.15) is 17.3 Å². The van der Waals surface area contributed by atoms with Crippen molar-refractivity contribution < 1.29 is 18.7 Å². The average Bonchev–Trinajstić information content (AvgIpc) is 2.63. The highest BCUT2D eigenvalue weighted by molar-refractivity contribution is 6.03. The van der Waals surface area contributed by atoms with Gasteiger partial charge < -0.3 is 14.5 Å². The lowest BCUT2D eigenvalue weighted by Gasteiger charge is -2.39. The number of ether oxygens (including phenoxy) is 1. The number of anilines is 1. The molecule has 0 unspecified atom stereocenters. The van der Waals surface area contributed by atoms with Crippen LogP contribution in [0.3, 0.4) is 0 Å². The second kappa shape index (κ2) is 6.88. The molecular weight excluding hydrogens is 325 g/mol. The molecule has 2 heterocycles. The van der Waals surface area contributed by atoms with E-state index >= 15 is 0 Å². The number of pyridine rings is 1. The zero-order chi connectivity index (χ0) is 18.0. The molecule has 1 fully saturated rings. The molecule has 6 nitrogen and oxygen atoms in total. The van der Waals surface area contributed by atoms with Gasteiger partial charge in [-0.1, -0.05) is 6.07 Å². The summed E-state index contributed by atoms with van der Waals surface area (Å²) in [5.74, 6) is -0.530. The number of benzene rings is 1. The predicted octanol–water partition coefficient (Wildman–Crippen LogP) is 2.11. The third-order valence-electron chi connectivity index (χ3n) is 4.23. The van der Waals surface area contributed by atoms with E-state index in [1.165, 1.54) is 11.1 Å². The highest BCUT2D eigenvalue weighted by Crippen LogP contribution is 2.25. The molecule has 1 saturated heterocycles. The van der Waals surface area contributed by atoms with E-state index in [4.69, 9.17) is 4.74 Å². The molecule has 1 atom stereocenters. The maximum Gasteiger partial charge on any atom is 0.256 e. The van der Waals surface area contributed by atoms with Gasteiger partial charge in [0.15, 0.2) is 0 Å². The maximum atomic E-state index is 13.3. The molecule has 0 aliphatic carbocycles. The molecule has 25 heavy (non-hydrogen) atoms. The molecular formula is C18H18FN3O3. The van der Waals surface area contributed by atoms with Crippen molar-refractivity contribution in [3.05, 3.63) is 54.1 Å². The van der Waals surface area contributed by atoms with E-state index in [1.54, 1.807) is 31.1 Å². The zero-order valence-corrected chi connectivity index (χ0v) is 14.0. The maximum absolute atomic E-state index is 13.3. The first-order valence-electron chi connectivity index (χ1n) is 7.88. The monoisotopic (exact) mass is 343 g/mol. The number of piperazine rings is 1. The fourth-order valence-corrected chi connectivity index (χ4v) is 2.88. The predicted molar refractivity (Wildman–Crippen MR) is 90.0 cm³/mol. The van der Waals surface area contributed by atoms with Crippen molar-refractivity contribution in [2.75, 3.05) is 25.1 Å². The molecule has 2 amide bonds. The first-order valence-corrected chi connectivity index (χ1v) is 7.88. The second-order valence-corrected chi connectivity index (χ2v) is 5.76. The van der Waals surface area contributed by atoms with Gasteiger partial charge in [-0.15, -0.1) is 0 Å². The molecule has 0 spiro atoms. The first-order chi connectivity index (χ1) is 12.0. The first kappa shape index (κ1) is 16.9. The van der Waals surface area contributed by atoms with Crippen molar-refractivity contribution in [2.45, 2.75) is 13.0 Å². The highest BCUT2D eigenvalue weighted by atomic mass is 19.1. The van der Waals surface area contributed by atoms with Crippen LogP contribution >= 0.6 is 0 Å². The van der Waals surface area contributed by atoms with Gasteiger partial charge in [0.05, 0.1) is 18.9 Å². The van der Waals surface area contributed by atoms with E-state index in [1.807, 2.05) is 12.1 Å². The van der Waals surface area contributed by atoms with Crippen molar-refractivity contribution in [1.29, 1.82) is 0 Å². The van der Waals surface area contributed by atoms with Gasteiger partial charge in [0, 0.05) is 31.0 Å². The number of aromatic nitrogens is 1. The Morgan fingerprint density at radius 2 is 2.08 bits per heavy atom. The Kier molecular flexibility index (Phi) is 4.65. The van der Waals surface area contributed by atoms with E-state index in [2.05, 4.69) is 4.98 Å². The van der Waals surface area contributed by atoms with Crippen LogP contribution in [0.15, 0.2) is 42.7 Å². The van der Waals surface area contributed by atoms with Crippen LogP contribution in [0.4, 0.5) is 10.1 Å². The third kappa shape index (κ3) is 3.31. The second-order valence-electron chi connectivity index (χ2n) is 5.76. The summed E-state index contributed by atoms with van der Waals surface area (Å²) in [7, 11) is 1.56. The minimum Gasteiger partial charge on any atom is -0.497 e. The van der Waals surface area contributed by atoms with Crippen LogP contribution in [0.25, 0.3) is 0 Å². The van der Waals surface area contributed by atoms with Gasteiger partial charge in [-0.3, -0.25) is 14.6 Å². The van der Waals surface area contributed by atoms with E-state index in [0.717, 1.165) is 18.0 Å². The van der Waals surface area contributed by atoms with E-state index in [-0.39, 0.29) is 11.5 Å². The molecule has 1 aliphatic heterocycles. The Morgan fingerprint density at radius 3 is 2.80 bits per heavy atom. The number of nitrogens with zero attached hydrogens (tertiary/aromatic N) is 3. The molecule has 0 bridgehead atoms. The largest absolute Gasteiger partial charge is 0.497 e. The lowest BCUT2D eigenvalue weighted by atomic mass is 10.1. The van der Waals surface area contributed by atoms with Gasteiger partial charge in [0.1, 0.15) is 17.6 Å². The molecule has 1 aromatic carbocycles. The topological polar surface area (TPSA) is 62.7 Å². The minimum absolute atomic E-state index is 0.134. The SMILES string of the molecule is COc1cccc(N2CCN(C(=O)c3cncc(F)c3)[C@H](C)C2=O)c1. The van der Waals surface area contributed by atoms with Crippen LogP contribution in [0.5, 0.6) is 5.75 Å². The fourth-order valence-electron chi connectivity index (χ4n) is 2.88. The molecule has 1 aromatic heterocycles. The van der Waals surface area contributed by atoms with Crippen LogP contribution in [-0.2, 0) is 4.79 Å². The van der Waals surface area contributed by atoms with Gasteiger partial charge >= 0.3 is 0 Å². The summed E-state index contributed by atoms with van der Waals surface area (Å²) in [5.41, 5.74) is 0.852. The Bertz CT molecular complexity index is 812. The molecule has 1 aliphatic rings. The summed E-state index contributed by atoms with van der Waals surface area (Å²) in [4.78, 5) is 32.1. The van der Waals surface area contributed by atoms with E-state index in [9.17, 15) is 14.0 Å². The van der Waals surface area contributed by atoms with Crippen LogP contribution in [0.2, 0.25) is 0 Å². The normalized spacial score (nSPS) is 17.6. The van der Waals surface area contributed by atoms with Crippen molar-refractivity contribution in [1.82, 2.24) is 9.88 Å². The molecule has 0 N–H and O–H groups in total. The smallest absolute Gasteiger partial charge is 0.256 e. The summed E-state index contributed by atoms with van der Waals surface area (Å²) >= 11 is 0. The van der Waals surface area contributed by atoms with Gasteiger partial charge in [-0.25, -0.2) is 4.39 Å². The number of hydrogen-bond donors (Lipinski definition) is 0. The standard InChI is InChI=1S/C18H18FN3O3/c1-12-17(23)22(15-4-3-5-16(9-15)25-2)7-6-21(12)18(24)13-8-14(19)11-20-10-13/h3-5,8-12H,6-7H2,1-2H3/t12-/m1/s1. The van der Waals surface area contributed by atoms with E-state index < -0.39 is 17.8 Å². The number of carbonyl (C=O) groups is 2. The molecule has 3 rings (SSSR count). The lowest BCUT2D eigenvalue weighted by Crippen LogP contribution is -2.57. The average molecular weight is 343 g/mol. The summed E-state index contributed by atoms with van der Waals surface area (Å²) in [6, 6.07) is 7.67. The molecule has 2 aromatic rings. The lowest BCUT2D eigenvalue weighted by molar-refractivity contribution is -0.124. The van der Waals surface area contributed by atoms with Crippen LogP contribution in [-0.4, -0.2) is 47.9 Å². The molecule has 0 saturated carbocycles. The Labute approximate surface area is 144 Å². The fraction of sp³-hybridized carbons (Fsp3) is 0.278. The minimum atomic E-state index is -0.657. The number of rotatable bonds is 3. The van der Waals surface area contributed by atoms with Crippen LogP contribution in [0, 0.1) is 5.82 Å². The third-order valence-corrected chi connectivity index (χ3v) is 4.23. The summed E-state index contributed by atoms with van der Waals surface area (Å²) in [5, 5.41) is 0. The van der Waals surface area contributed by atoms with Gasteiger partial charge in [-0.05, 0) is 25.1 Å². The van der Waals surface area contributed by atoms with Gasteiger partial charge in [0.2, 0.25) is 5.91 Å². The number of amides is 2. The van der Waals surface area contributed by atoms with Gasteiger partial charge in [-0.2, -0.15) is 0 Å². The zero-order valence-electron chi connectivity index (χ0n) is 14.0. The summed E-state index contributed by atoms with van der Waals surface area (Å²) < 4.78 is 18.5. The quantitative estimate of drug-likeness (QED) is 0.856. The van der Waals surface area contributed by atoms with Gasteiger partial charge in [0.25, 0.3) is 5.91 Å². The number of carbonyl (C=O) groups excluding carboxylic acids is 2. The van der Waals surface area contributed by atoms with Crippen molar-refractivity contribution in [3.63, 3.8) is 0 Å². The Morgan fingerprint density at radius 1 is 1.28 bits per heavy atom. The van der Waals surface area contributed by atoms with Crippen LogP contribution < -0.4 is 9.64 Å².